The number of carbonyl (C=O) groups is 1. The number of aryl methyl sites for hydroxylation is 2. The minimum atomic E-state index is -0.0972. The first kappa shape index (κ1) is 23.5. The molecule has 2 aromatic carbocycles. The van der Waals surface area contributed by atoms with Crippen molar-refractivity contribution in [3.8, 4) is 28.6 Å². The number of thioether (sulfide) groups is 1. The lowest BCUT2D eigenvalue weighted by Gasteiger charge is -2.14. The van der Waals surface area contributed by atoms with Gasteiger partial charge < -0.3 is 24.1 Å². The van der Waals surface area contributed by atoms with Gasteiger partial charge in [0.1, 0.15) is 0 Å². The summed E-state index contributed by atoms with van der Waals surface area (Å²) in [6.45, 7) is 6.65. The van der Waals surface area contributed by atoms with Gasteiger partial charge in [-0.15, -0.1) is 10.2 Å². The molecule has 3 rings (SSSR count). The first-order chi connectivity index (χ1) is 15.4. The summed E-state index contributed by atoms with van der Waals surface area (Å²) in [7, 11) is 4.70. The van der Waals surface area contributed by atoms with E-state index in [1.54, 1.807) is 21.3 Å². The molecule has 8 nitrogen and oxygen atoms in total. The Hall–Kier alpha value is -3.20. The molecule has 0 aliphatic carbocycles. The van der Waals surface area contributed by atoms with Crippen molar-refractivity contribution in [3.63, 3.8) is 0 Å². The Morgan fingerprint density at radius 1 is 0.969 bits per heavy atom. The predicted molar refractivity (Wildman–Crippen MR) is 126 cm³/mol. The monoisotopic (exact) mass is 456 g/mol. The highest BCUT2D eigenvalue weighted by atomic mass is 32.2. The van der Waals surface area contributed by atoms with E-state index in [0.29, 0.717) is 34.8 Å². The van der Waals surface area contributed by atoms with Crippen molar-refractivity contribution in [2.24, 2.45) is 0 Å². The predicted octanol–water partition coefficient (Wildman–Crippen LogP) is 4.34. The van der Waals surface area contributed by atoms with Crippen LogP contribution in [0.25, 0.3) is 11.4 Å². The van der Waals surface area contributed by atoms with Gasteiger partial charge in [0.15, 0.2) is 22.5 Å². The van der Waals surface area contributed by atoms with Gasteiger partial charge in [-0.25, -0.2) is 0 Å². The van der Waals surface area contributed by atoms with Gasteiger partial charge in [0.2, 0.25) is 11.7 Å². The summed E-state index contributed by atoms with van der Waals surface area (Å²) < 4.78 is 18.3. The Morgan fingerprint density at radius 2 is 1.59 bits per heavy atom. The topological polar surface area (TPSA) is 87.5 Å². The molecule has 1 N–H and O–H groups in total. The molecule has 0 bridgehead atoms. The fraction of sp³-hybridized carbons (Fsp3) is 0.348. The number of aromatic nitrogens is 3. The van der Waals surface area contributed by atoms with Gasteiger partial charge in [0.25, 0.3) is 0 Å². The van der Waals surface area contributed by atoms with E-state index in [9.17, 15) is 4.79 Å². The molecule has 0 spiro atoms. The molecule has 0 fully saturated rings. The van der Waals surface area contributed by atoms with Crippen molar-refractivity contribution >= 4 is 23.4 Å². The normalized spacial score (nSPS) is 10.7. The van der Waals surface area contributed by atoms with E-state index >= 15 is 0 Å². The second-order valence-corrected chi connectivity index (χ2v) is 8.12. The van der Waals surface area contributed by atoms with Crippen molar-refractivity contribution in [3.05, 3.63) is 41.5 Å². The number of nitrogens with one attached hydrogen (secondary N) is 1. The SMILES string of the molecule is CCn1c(SCC(=O)Nc2cc(C)cc(C)c2)nnc1-c1cc(OC)c(OC)c(OC)c1. The van der Waals surface area contributed by atoms with Crippen molar-refractivity contribution in [2.75, 3.05) is 32.4 Å². The summed E-state index contributed by atoms with van der Waals surface area (Å²) in [6, 6.07) is 9.63. The highest BCUT2D eigenvalue weighted by molar-refractivity contribution is 7.99. The summed E-state index contributed by atoms with van der Waals surface area (Å²) in [5, 5.41) is 12.3. The van der Waals surface area contributed by atoms with Crippen molar-refractivity contribution in [1.82, 2.24) is 14.8 Å². The smallest absolute Gasteiger partial charge is 0.234 e. The third-order valence-electron chi connectivity index (χ3n) is 4.79. The average molecular weight is 457 g/mol. The zero-order valence-electron chi connectivity index (χ0n) is 19.2. The van der Waals surface area contributed by atoms with Gasteiger partial charge in [0.05, 0.1) is 27.1 Å². The van der Waals surface area contributed by atoms with Crippen molar-refractivity contribution < 1.29 is 19.0 Å². The molecule has 9 heteroatoms. The van der Waals surface area contributed by atoms with Crippen LogP contribution in [0.1, 0.15) is 18.1 Å². The van der Waals surface area contributed by atoms with E-state index in [1.807, 2.05) is 49.6 Å². The van der Waals surface area contributed by atoms with E-state index in [1.165, 1.54) is 11.8 Å². The molecule has 0 saturated carbocycles. The second kappa shape index (κ2) is 10.4. The summed E-state index contributed by atoms with van der Waals surface area (Å²) in [5.74, 6) is 2.37. The van der Waals surface area contributed by atoms with Gasteiger partial charge >= 0.3 is 0 Å². The Morgan fingerprint density at radius 3 is 2.12 bits per heavy atom. The highest BCUT2D eigenvalue weighted by Gasteiger charge is 2.19. The lowest BCUT2D eigenvalue weighted by atomic mass is 10.1. The number of ether oxygens (including phenoxy) is 3. The van der Waals surface area contributed by atoms with Gasteiger partial charge in [-0.05, 0) is 56.2 Å². The summed E-state index contributed by atoms with van der Waals surface area (Å²) >= 11 is 1.34. The third-order valence-corrected chi connectivity index (χ3v) is 5.76. The minimum Gasteiger partial charge on any atom is -0.493 e. The maximum atomic E-state index is 12.5. The van der Waals surface area contributed by atoms with Crippen LogP contribution in [-0.2, 0) is 11.3 Å². The van der Waals surface area contributed by atoms with Crippen LogP contribution < -0.4 is 19.5 Å². The number of benzene rings is 2. The molecule has 0 unspecified atom stereocenters. The van der Waals surface area contributed by atoms with E-state index in [4.69, 9.17) is 14.2 Å². The molecule has 1 heterocycles. The summed E-state index contributed by atoms with van der Waals surface area (Å²) in [4.78, 5) is 12.5. The van der Waals surface area contributed by atoms with Gasteiger partial charge in [-0.1, -0.05) is 17.8 Å². The van der Waals surface area contributed by atoms with Crippen LogP contribution in [0.2, 0.25) is 0 Å². The minimum absolute atomic E-state index is 0.0972. The molecule has 1 aromatic heterocycles. The van der Waals surface area contributed by atoms with Crippen molar-refractivity contribution in [2.45, 2.75) is 32.5 Å². The summed E-state index contributed by atoms with van der Waals surface area (Å²) in [5.41, 5.74) is 3.78. The van der Waals surface area contributed by atoms with Crippen LogP contribution in [0.15, 0.2) is 35.5 Å². The van der Waals surface area contributed by atoms with Gasteiger partial charge in [-0.3, -0.25) is 4.79 Å². The molecule has 170 valence electrons. The molecule has 0 saturated heterocycles. The lowest BCUT2D eigenvalue weighted by Crippen LogP contribution is -2.15. The van der Waals surface area contributed by atoms with E-state index in [0.717, 1.165) is 22.4 Å². The number of methoxy groups -OCH3 is 3. The number of nitrogens with zero attached hydrogens (tertiary/aromatic N) is 3. The molecule has 0 radical (unpaired) electrons. The van der Waals surface area contributed by atoms with Gasteiger partial charge in [-0.2, -0.15) is 0 Å². The average Bonchev–Trinajstić information content (AvgIpc) is 3.18. The molecule has 1 amide bonds. The van der Waals surface area contributed by atoms with Gasteiger partial charge in [0, 0.05) is 17.8 Å². The number of hydrogen-bond donors (Lipinski definition) is 1. The number of carbonyl (C=O) groups excluding carboxylic acids is 1. The zero-order chi connectivity index (χ0) is 23.3. The quantitative estimate of drug-likeness (QED) is 0.479. The number of amides is 1. The Kier molecular flexibility index (Phi) is 7.63. The largest absolute Gasteiger partial charge is 0.493 e. The van der Waals surface area contributed by atoms with Crippen LogP contribution in [0.5, 0.6) is 17.2 Å². The Bertz CT molecular complexity index is 1070. The molecule has 0 aliphatic rings. The number of hydrogen-bond acceptors (Lipinski definition) is 7. The second-order valence-electron chi connectivity index (χ2n) is 7.18. The molecular weight excluding hydrogens is 428 g/mol. The first-order valence-corrected chi connectivity index (χ1v) is 11.1. The van der Waals surface area contributed by atoms with E-state index < -0.39 is 0 Å². The molecule has 0 atom stereocenters. The molecule has 32 heavy (non-hydrogen) atoms. The molecule has 0 aliphatic heterocycles. The standard InChI is InChI=1S/C23H28N4O4S/c1-7-27-22(16-11-18(29-4)21(31-6)19(12-16)30-5)25-26-23(27)32-13-20(28)24-17-9-14(2)8-15(3)10-17/h8-12H,7,13H2,1-6H3,(H,24,28). The van der Waals surface area contributed by atoms with Crippen molar-refractivity contribution in [1.29, 1.82) is 0 Å². The Labute approximate surface area is 192 Å². The fourth-order valence-corrected chi connectivity index (χ4v) is 4.28. The summed E-state index contributed by atoms with van der Waals surface area (Å²) in [6.07, 6.45) is 0. The molecule has 3 aromatic rings. The fourth-order valence-electron chi connectivity index (χ4n) is 3.48. The van der Waals surface area contributed by atoms with E-state index in [2.05, 4.69) is 21.6 Å². The number of rotatable bonds is 9. The highest BCUT2D eigenvalue weighted by Crippen LogP contribution is 2.41. The maximum Gasteiger partial charge on any atom is 0.234 e. The number of anilines is 1. The van der Waals surface area contributed by atoms with Crippen LogP contribution >= 0.6 is 11.8 Å². The molecular formula is C23H28N4O4S. The van der Waals surface area contributed by atoms with E-state index in [-0.39, 0.29) is 11.7 Å². The third kappa shape index (κ3) is 5.16. The van der Waals surface area contributed by atoms with Crippen LogP contribution in [0.4, 0.5) is 5.69 Å². The zero-order valence-corrected chi connectivity index (χ0v) is 20.0. The van der Waals surface area contributed by atoms with Crippen LogP contribution in [0, 0.1) is 13.8 Å². The Balaban J connectivity index is 1.80. The van der Waals surface area contributed by atoms with Crippen LogP contribution in [-0.4, -0.2) is 47.8 Å². The van der Waals surface area contributed by atoms with Crippen LogP contribution in [0.3, 0.4) is 0 Å². The lowest BCUT2D eigenvalue weighted by molar-refractivity contribution is -0.113. The first-order valence-electron chi connectivity index (χ1n) is 10.1. The maximum absolute atomic E-state index is 12.5.